The third kappa shape index (κ3) is 2.51. The van der Waals surface area contributed by atoms with Gasteiger partial charge in [0.25, 0.3) is 0 Å². The molecule has 0 N–H and O–H groups in total. The summed E-state index contributed by atoms with van der Waals surface area (Å²) >= 11 is 3.98. The van der Waals surface area contributed by atoms with Crippen molar-refractivity contribution in [3.05, 3.63) is 0 Å². The summed E-state index contributed by atoms with van der Waals surface area (Å²) in [6.07, 6.45) is 0. The first kappa shape index (κ1) is 6.82. The molecule has 0 unspecified atom stereocenters. The fourth-order valence-corrected chi connectivity index (χ4v) is 0.234. The first-order valence-corrected chi connectivity index (χ1v) is 2.44. The van der Waals surface area contributed by atoms with E-state index in [-0.39, 0.29) is 0 Å². The van der Waals surface area contributed by atoms with Gasteiger partial charge in [0.05, 0.1) is 0 Å². The van der Waals surface area contributed by atoms with E-state index in [0.717, 1.165) is 5.84 Å². The van der Waals surface area contributed by atoms with Gasteiger partial charge in [-0.25, -0.2) is 0 Å². The summed E-state index contributed by atoms with van der Waals surface area (Å²) in [6, 6.07) is 0. The van der Waals surface area contributed by atoms with Gasteiger partial charge in [-0.15, -0.1) is 0 Å². The predicted molar refractivity (Wildman–Crippen MR) is 35.8 cm³/mol. The van der Waals surface area contributed by atoms with E-state index in [1.54, 1.807) is 11.4 Å². The van der Waals surface area contributed by atoms with Crippen molar-refractivity contribution in [1.82, 2.24) is 4.31 Å². The Balaban J connectivity index is 3.56. The summed E-state index contributed by atoms with van der Waals surface area (Å²) in [4.78, 5) is 3.85. The number of aliphatic imine (C=N–C) groups is 1. The molecule has 42 valence electrons. The molecule has 0 aliphatic carbocycles. The Morgan fingerprint density at radius 1 is 1.71 bits per heavy atom. The standard InChI is InChI=1S/C4H10N2S/c1-4(5-2)6(3)7/h7H,1-3H3. The fraction of sp³-hybridized carbons (Fsp3) is 0.750. The molecule has 2 nitrogen and oxygen atoms in total. The Bertz CT molecular complexity index is 77.8. The topological polar surface area (TPSA) is 15.6 Å². The van der Waals surface area contributed by atoms with Crippen molar-refractivity contribution in [3.63, 3.8) is 0 Å². The monoisotopic (exact) mass is 118 g/mol. The highest BCUT2D eigenvalue weighted by Crippen LogP contribution is 1.87. The number of hydrogen-bond acceptors (Lipinski definition) is 2. The minimum atomic E-state index is 0.920. The van der Waals surface area contributed by atoms with Crippen molar-refractivity contribution in [2.45, 2.75) is 6.92 Å². The smallest absolute Gasteiger partial charge is 0.105 e. The molecule has 0 aliphatic heterocycles. The maximum Gasteiger partial charge on any atom is 0.105 e. The van der Waals surface area contributed by atoms with E-state index in [1.807, 2.05) is 14.0 Å². The molecule has 0 fully saturated rings. The maximum atomic E-state index is 3.98. The van der Waals surface area contributed by atoms with Gasteiger partial charge in [-0.1, -0.05) is 12.8 Å². The van der Waals surface area contributed by atoms with Gasteiger partial charge in [0.15, 0.2) is 0 Å². The zero-order valence-corrected chi connectivity index (χ0v) is 5.74. The Kier molecular flexibility index (Phi) is 2.83. The van der Waals surface area contributed by atoms with Crippen LogP contribution < -0.4 is 0 Å². The zero-order chi connectivity index (χ0) is 5.86. The van der Waals surface area contributed by atoms with Gasteiger partial charge in [-0.05, 0) is 6.92 Å². The highest BCUT2D eigenvalue weighted by atomic mass is 32.1. The summed E-state index contributed by atoms with van der Waals surface area (Å²) in [5.41, 5.74) is 0. The van der Waals surface area contributed by atoms with Crippen molar-refractivity contribution >= 4 is 18.7 Å². The van der Waals surface area contributed by atoms with E-state index in [4.69, 9.17) is 0 Å². The number of thiol groups is 1. The van der Waals surface area contributed by atoms with Gasteiger partial charge in [0.2, 0.25) is 0 Å². The van der Waals surface area contributed by atoms with E-state index >= 15 is 0 Å². The molecular weight excluding hydrogens is 108 g/mol. The van der Waals surface area contributed by atoms with Crippen molar-refractivity contribution in [2.24, 2.45) is 4.99 Å². The molecule has 0 aliphatic rings. The van der Waals surface area contributed by atoms with Crippen LogP contribution in [0.1, 0.15) is 6.92 Å². The molecule has 0 amide bonds. The Morgan fingerprint density at radius 2 is 2.14 bits per heavy atom. The molecule has 0 rings (SSSR count). The number of amidine groups is 1. The quantitative estimate of drug-likeness (QED) is 0.283. The highest BCUT2D eigenvalue weighted by molar-refractivity contribution is 7.78. The van der Waals surface area contributed by atoms with E-state index in [1.165, 1.54) is 0 Å². The molecule has 0 saturated carbocycles. The molecule has 0 spiro atoms. The molecule has 0 aromatic heterocycles. The zero-order valence-electron chi connectivity index (χ0n) is 4.84. The van der Waals surface area contributed by atoms with Gasteiger partial charge in [0.1, 0.15) is 5.84 Å². The minimum absolute atomic E-state index is 0.920. The molecule has 3 heteroatoms. The molecule has 0 radical (unpaired) electrons. The van der Waals surface area contributed by atoms with Crippen LogP contribution in [0.2, 0.25) is 0 Å². The number of rotatable bonds is 0. The number of nitrogens with zero attached hydrogens (tertiary/aromatic N) is 2. The van der Waals surface area contributed by atoms with Crippen LogP contribution in [-0.2, 0) is 0 Å². The SMILES string of the molecule is CN=C(C)N(C)S. The molecule has 0 aromatic carbocycles. The van der Waals surface area contributed by atoms with Crippen molar-refractivity contribution in [3.8, 4) is 0 Å². The Hall–Kier alpha value is -0.180. The van der Waals surface area contributed by atoms with Crippen molar-refractivity contribution in [1.29, 1.82) is 0 Å². The summed E-state index contributed by atoms with van der Waals surface area (Å²) < 4.78 is 1.67. The first-order chi connectivity index (χ1) is 3.18. The molecule has 0 bridgehead atoms. The molecule has 0 heterocycles. The van der Waals surface area contributed by atoms with E-state index < -0.39 is 0 Å². The Labute approximate surface area is 49.8 Å². The third-order valence-electron chi connectivity index (χ3n) is 0.792. The van der Waals surface area contributed by atoms with Crippen molar-refractivity contribution < 1.29 is 0 Å². The van der Waals surface area contributed by atoms with Crippen LogP contribution in [0.5, 0.6) is 0 Å². The lowest BCUT2D eigenvalue weighted by Crippen LogP contribution is -2.11. The fourth-order valence-electron chi connectivity index (χ4n) is 0.145. The van der Waals surface area contributed by atoms with Gasteiger partial charge < -0.3 is 4.31 Å². The highest BCUT2D eigenvalue weighted by Gasteiger charge is 1.86. The molecular formula is C4H10N2S. The summed E-state index contributed by atoms with van der Waals surface area (Å²) in [5, 5.41) is 0. The van der Waals surface area contributed by atoms with Crippen LogP contribution in [0.15, 0.2) is 4.99 Å². The lowest BCUT2D eigenvalue weighted by Gasteiger charge is -2.06. The third-order valence-corrected chi connectivity index (χ3v) is 1.08. The normalized spacial score (nSPS) is 11.7. The second-order valence-electron chi connectivity index (χ2n) is 1.29. The molecule has 0 aromatic rings. The Morgan fingerprint density at radius 3 is 2.14 bits per heavy atom. The van der Waals surface area contributed by atoms with Gasteiger partial charge >= 0.3 is 0 Å². The molecule has 0 saturated heterocycles. The molecule has 0 atom stereocenters. The van der Waals surface area contributed by atoms with Gasteiger partial charge in [0, 0.05) is 14.1 Å². The van der Waals surface area contributed by atoms with Gasteiger partial charge in [-0.3, -0.25) is 4.99 Å². The minimum Gasteiger partial charge on any atom is -0.310 e. The van der Waals surface area contributed by atoms with Crippen LogP contribution >= 0.6 is 12.8 Å². The van der Waals surface area contributed by atoms with Gasteiger partial charge in [-0.2, -0.15) is 0 Å². The summed E-state index contributed by atoms with van der Waals surface area (Å²) in [6.45, 7) is 1.90. The lowest BCUT2D eigenvalue weighted by atomic mass is 10.7. The van der Waals surface area contributed by atoms with Crippen LogP contribution in [0.25, 0.3) is 0 Å². The van der Waals surface area contributed by atoms with E-state index in [0.29, 0.717) is 0 Å². The summed E-state index contributed by atoms with van der Waals surface area (Å²) in [5.74, 6) is 0.920. The first-order valence-electron chi connectivity index (χ1n) is 2.04. The molecule has 7 heavy (non-hydrogen) atoms. The maximum absolute atomic E-state index is 3.98. The van der Waals surface area contributed by atoms with Crippen LogP contribution in [0.3, 0.4) is 0 Å². The predicted octanol–water partition coefficient (Wildman–Crippen LogP) is 0.811. The van der Waals surface area contributed by atoms with Crippen LogP contribution in [0.4, 0.5) is 0 Å². The van der Waals surface area contributed by atoms with Crippen molar-refractivity contribution in [2.75, 3.05) is 14.1 Å². The van der Waals surface area contributed by atoms with Crippen LogP contribution in [0, 0.1) is 0 Å². The summed E-state index contributed by atoms with van der Waals surface area (Å²) in [7, 11) is 3.58. The second kappa shape index (κ2) is 2.91. The largest absolute Gasteiger partial charge is 0.310 e. The van der Waals surface area contributed by atoms with Crippen LogP contribution in [-0.4, -0.2) is 24.2 Å². The average molecular weight is 118 g/mol. The average Bonchev–Trinajstić information content (AvgIpc) is 1.65. The lowest BCUT2D eigenvalue weighted by molar-refractivity contribution is 0.844. The number of hydrogen-bond donors (Lipinski definition) is 1. The van der Waals surface area contributed by atoms with E-state index in [2.05, 4.69) is 17.8 Å². The second-order valence-corrected chi connectivity index (χ2v) is 1.89. The van der Waals surface area contributed by atoms with E-state index in [9.17, 15) is 0 Å².